The van der Waals surface area contributed by atoms with E-state index in [-0.39, 0.29) is 11.9 Å². The molecule has 0 aromatic carbocycles. The topological polar surface area (TPSA) is 49.8 Å². The summed E-state index contributed by atoms with van der Waals surface area (Å²) in [6, 6.07) is 0.980. The molecule has 4 heteroatoms. The monoisotopic (exact) mass is 255 g/mol. The molecule has 0 radical (unpaired) electrons. The summed E-state index contributed by atoms with van der Waals surface area (Å²) in [6.45, 7) is 6.70. The lowest BCUT2D eigenvalue weighted by Crippen LogP contribution is -2.48. The Morgan fingerprint density at radius 2 is 2.06 bits per heavy atom. The molecule has 1 N–H and O–H groups in total. The van der Waals surface area contributed by atoms with Gasteiger partial charge in [-0.15, -0.1) is 0 Å². The Balaban J connectivity index is 2.16. The van der Waals surface area contributed by atoms with Gasteiger partial charge in [0, 0.05) is 18.6 Å². The van der Waals surface area contributed by atoms with E-state index in [4.69, 9.17) is 4.74 Å². The second-order valence-electron chi connectivity index (χ2n) is 6.31. The third-order valence-corrected chi connectivity index (χ3v) is 4.39. The van der Waals surface area contributed by atoms with Gasteiger partial charge < -0.3 is 9.84 Å². The maximum atomic E-state index is 11.9. The molecule has 4 nitrogen and oxygen atoms in total. The van der Waals surface area contributed by atoms with Crippen molar-refractivity contribution in [2.24, 2.45) is 11.8 Å². The Labute approximate surface area is 109 Å². The van der Waals surface area contributed by atoms with Crippen LogP contribution in [0.2, 0.25) is 0 Å². The summed E-state index contributed by atoms with van der Waals surface area (Å²) < 4.78 is 4.88. The molecule has 1 saturated carbocycles. The minimum atomic E-state index is -0.927. The molecule has 3 unspecified atom stereocenters. The standard InChI is InChI=1S/C14H25NO3/c1-9(2)12(13(16)18-4)14(17)7-10(3)15(8-14)11-5-6-11/h9-12,17H,5-8H2,1-4H3. The van der Waals surface area contributed by atoms with Crippen LogP contribution in [0.15, 0.2) is 0 Å². The van der Waals surface area contributed by atoms with E-state index in [2.05, 4.69) is 11.8 Å². The highest BCUT2D eigenvalue weighted by atomic mass is 16.5. The minimum Gasteiger partial charge on any atom is -0.469 e. The van der Waals surface area contributed by atoms with Crippen LogP contribution in [0.3, 0.4) is 0 Å². The van der Waals surface area contributed by atoms with Crippen molar-refractivity contribution in [2.75, 3.05) is 13.7 Å². The number of rotatable bonds is 4. The molecule has 1 saturated heterocycles. The van der Waals surface area contributed by atoms with Gasteiger partial charge in [0.1, 0.15) is 0 Å². The highest BCUT2D eigenvalue weighted by Gasteiger charge is 2.53. The Morgan fingerprint density at radius 3 is 2.50 bits per heavy atom. The Kier molecular flexibility index (Phi) is 3.70. The molecule has 0 bridgehead atoms. The van der Waals surface area contributed by atoms with Gasteiger partial charge in [0.2, 0.25) is 0 Å². The van der Waals surface area contributed by atoms with E-state index < -0.39 is 11.5 Å². The molecule has 2 rings (SSSR count). The van der Waals surface area contributed by atoms with Crippen molar-refractivity contribution in [1.29, 1.82) is 0 Å². The van der Waals surface area contributed by atoms with Crippen LogP contribution in [0.25, 0.3) is 0 Å². The van der Waals surface area contributed by atoms with Crippen LogP contribution in [0.5, 0.6) is 0 Å². The smallest absolute Gasteiger partial charge is 0.311 e. The zero-order valence-corrected chi connectivity index (χ0v) is 11.8. The fourth-order valence-corrected chi connectivity index (χ4v) is 3.52. The van der Waals surface area contributed by atoms with Gasteiger partial charge in [0.15, 0.2) is 0 Å². The number of carbonyl (C=O) groups excluding carboxylic acids is 1. The normalized spacial score (nSPS) is 34.9. The van der Waals surface area contributed by atoms with Gasteiger partial charge in [0.25, 0.3) is 0 Å². The highest BCUT2D eigenvalue weighted by molar-refractivity contribution is 5.74. The predicted molar refractivity (Wildman–Crippen MR) is 69.1 cm³/mol. The predicted octanol–water partition coefficient (Wildman–Crippen LogP) is 1.42. The molecular formula is C14H25NO3. The van der Waals surface area contributed by atoms with Gasteiger partial charge >= 0.3 is 5.97 Å². The molecule has 2 aliphatic rings. The lowest BCUT2D eigenvalue weighted by Gasteiger charge is -2.33. The number of likely N-dealkylation sites (tertiary alicyclic amines) is 1. The number of β-amino-alcohol motifs (C(OH)–C–C–N with tert-alkyl or cyclic N) is 1. The quantitative estimate of drug-likeness (QED) is 0.772. The first kappa shape index (κ1) is 13.8. The summed E-state index contributed by atoms with van der Waals surface area (Å²) in [7, 11) is 1.40. The molecule has 0 aromatic rings. The molecular weight excluding hydrogens is 230 g/mol. The first-order valence-corrected chi connectivity index (χ1v) is 6.95. The van der Waals surface area contributed by atoms with Crippen molar-refractivity contribution < 1.29 is 14.6 Å². The first-order chi connectivity index (χ1) is 8.39. The minimum absolute atomic E-state index is 0.0915. The number of ether oxygens (including phenoxy) is 1. The summed E-state index contributed by atoms with van der Waals surface area (Å²) >= 11 is 0. The van der Waals surface area contributed by atoms with Crippen molar-refractivity contribution in [2.45, 2.75) is 57.7 Å². The highest BCUT2D eigenvalue weighted by Crippen LogP contribution is 2.42. The van der Waals surface area contributed by atoms with Gasteiger partial charge in [-0.2, -0.15) is 0 Å². The van der Waals surface area contributed by atoms with E-state index in [9.17, 15) is 9.90 Å². The average Bonchev–Trinajstić information content (AvgIpc) is 3.05. The Bertz CT molecular complexity index is 327. The number of nitrogens with zero attached hydrogens (tertiary/aromatic N) is 1. The van der Waals surface area contributed by atoms with E-state index in [1.165, 1.54) is 20.0 Å². The SMILES string of the molecule is COC(=O)C(C(C)C)C1(O)CC(C)N(C2CC2)C1. The van der Waals surface area contributed by atoms with Gasteiger partial charge in [-0.3, -0.25) is 9.69 Å². The lowest BCUT2D eigenvalue weighted by molar-refractivity contribution is -0.158. The molecule has 1 aliphatic heterocycles. The molecule has 3 atom stereocenters. The van der Waals surface area contributed by atoms with Gasteiger partial charge in [-0.05, 0) is 32.1 Å². The molecule has 1 heterocycles. The molecule has 104 valence electrons. The van der Waals surface area contributed by atoms with Crippen molar-refractivity contribution in [3.8, 4) is 0 Å². The van der Waals surface area contributed by atoms with E-state index in [0.29, 0.717) is 25.0 Å². The zero-order valence-electron chi connectivity index (χ0n) is 11.8. The largest absolute Gasteiger partial charge is 0.469 e. The molecule has 2 fully saturated rings. The maximum Gasteiger partial charge on any atom is 0.311 e. The molecule has 0 spiro atoms. The van der Waals surface area contributed by atoms with Crippen LogP contribution in [0.4, 0.5) is 0 Å². The van der Waals surface area contributed by atoms with Crippen molar-refractivity contribution in [3.05, 3.63) is 0 Å². The van der Waals surface area contributed by atoms with Crippen LogP contribution >= 0.6 is 0 Å². The number of hydrogen-bond donors (Lipinski definition) is 1. The third-order valence-electron chi connectivity index (χ3n) is 4.39. The fourth-order valence-electron chi connectivity index (χ4n) is 3.52. The second-order valence-corrected chi connectivity index (χ2v) is 6.31. The molecule has 0 amide bonds. The summed E-state index contributed by atoms with van der Waals surface area (Å²) in [5.74, 6) is -0.611. The number of esters is 1. The van der Waals surface area contributed by atoms with Crippen molar-refractivity contribution >= 4 is 5.97 Å². The van der Waals surface area contributed by atoms with E-state index in [1.54, 1.807) is 0 Å². The van der Waals surface area contributed by atoms with Gasteiger partial charge in [-0.1, -0.05) is 13.8 Å². The number of aliphatic hydroxyl groups is 1. The van der Waals surface area contributed by atoms with Crippen LogP contribution in [-0.2, 0) is 9.53 Å². The molecule has 18 heavy (non-hydrogen) atoms. The first-order valence-electron chi connectivity index (χ1n) is 6.95. The summed E-state index contributed by atoms with van der Waals surface area (Å²) in [4.78, 5) is 14.3. The Hall–Kier alpha value is -0.610. The fraction of sp³-hybridized carbons (Fsp3) is 0.929. The van der Waals surface area contributed by atoms with E-state index in [1.807, 2.05) is 13.8 Å². The molecule has 1 aliphatic carbocycles. The zero-order chi connectivity index (χ0) is 13.5. The Morgan fingerprint density at radius 1 is 1.44 bits per heavy atom. The lowest BCUT2D eigenvalue weighted by atomic mass is 9.78. The van der Waals surface area contributed by atoms with Crippen LogP contribution in [0, 0.1) is 11.8 Å². The van der Waals surface area contributed by atoms with Crippen LogP contribution < -0.4 is 0 Å². The number of methoxy groups -OCH3 is 1. The number of carbonyl (C=O) groups is 1. The van der Waals surface area contributed by atoms with E-state index in [0.717, 1.165) is 0 Å². The van der Waals surface area contributed by atoms with E-state index >= 15 is 0 Å². The van der Waals surface area contributed by atoms with Crippen molar-refractivity contribution in [1.82, 2.24) is 4.90 Å². The third kappa shape index (κ3) is 2.41. The van der Waals surface area contributed by atoms with Crippen LogP contribution in [-0.4, -0.2) is 47.3 Å². The second kappa shape index (κ2) is 4.82. The summed E-state index contributed by atoms with van der Waals surface area (Å²) in [5.41, 5.74) is -0.927. The van der Waals surface area contributed by atoms with Crippen molar-refractivity contribution in [3.63, 3.8) is 0 Å². The van der Waals surface area contributed by atoms with Crippen LogP contribution in [0.1, 0.15) is 40.0 Å². The van der Waals surface area contributed by atoms with Gasteiger partial charge in [0.05, 0.1) is 18.6 Å². The molecule has 0 aromatic heterocycles. The average molecular weight is 255 g/mol. The summed E-state index contributed by atoms with van der Waals surface area (Å²) in [6.07, 6.45) is 3.12. The summed E-state index contributed by atoms with van der Waals surface area (Å²) in [5, 5.41) is 10.9. The van der Waals surface area contributed by atoms with Gasteiger partial charge in [-0.25, -0.2) is 0 Å². The number of hydrogen-bond acceptors (Lipinski definition) is 4. The maximum absolute atomic E-state index is 11.9.